The molecule has 72 valence electrons. The standard InChI is InChI=1S/C14H16/c1-5-6-7-14-10-13(11(2)3)9-8-12(14)4/h5-10H,2,4H2,1,3H3/b6-5-,14-7-. The van der Waals surface area contributed by atoms with E-state index in [4.69, 9.17) is 0 Å². The minimum Gasteiger partial charge on any atom is -0.0955 e. The first-order valence-corrected chi connectivity index (χ1v) is 4.73. The highest BCUT2D eigenvalue weighted by Gasteiger charge is 1.91. The van der Waals surface area contributed by atoms with E-state index in [2.05, 4.69) is 31.4 Å². The van der Waals surface area contributed by atoms with Gasteiger partial charge in [-0.15, -0.1) is 0 Å². The van der Waals surface area contributed by atoms with Crippen LogP contribution >= 0.6 is 0 Å². The monoisotopic (exact) mass is 184 g/mol. The summed E-state index contributed by atoms with van der Waals surface area (Å²) in [5.74, 6) is 0. The van der Waals surface area contributed by atoms with Crippen molar-refractivity contribution in [2.75, 3.05) is 0 Å². The van der Waals surface area contributed by atoms with Crippen LogP contribution in [0.4, 0.5) is 0 Å². The van der Waals surface area contributed by atoms with Gasteiger partial charge in [0.1, 0.15) is 0 Å². The molecule has 0 fully saturated rings. The van der Waals surface area contributed by atoms with Crippen molar-refractivity contribution in [2.24, 2.45) is 0 Å². The molecule has 0 saturated carbocycles. The second kappa shape index (κ2) is 4.61. The Balaban J connectivity index is 3.36. The number of benzene rings is 1. The van der Waals surface area contributed by atoms with Gasteiger partial charge in [0, 0.05) is 0 Å². The van der Waals surface area contributed by atoms with E-state index in [1.54, 1.807) is 0 Å². The second-order valence-corrected chi connectivity index (χ2v) is 3.39. The molecule has 0 bridgehead atoms. The molecule has 0 amide bonds. The summed E-state index contributed by atoms with van der Waals surface area (Å²) in [6, 6.07) is 6.20. The third-order valence-electron chi connectivity index (χ3n) is 2.11. The van der Waals surface area contributed by atoms with Gasteiger partial charge in [0.2, 0.25) is 0 Å². The number of rotatable bonds is 2. The van der Waals surface area contributed by atoms with Gasteiger partial charge in [0.25, 0.3) is 0 Å². The second-order valence-electron chi connectivity index (χ2n) is 3.39. The van der Waals surface area contributed by atoms with E-state index >= 15 is 0 Å². The van der Waals surface area contributed by atoms with Crippen molar-refractivity contribution < 1.29 is 0 Å². The van der Waals surface area contributed by atoms with Crippen LogP contribution in [-0.4, -0.2) is 0 Å². The van der Waals surface area contributed by atoms with Crippen LogP contribution in [-0.2, 0) is 0 Å². The third-order valence-corrected chi connectivity index (χ3v) is 2.11. The van der Waals surface area contributed by atoms with E-state index in [1.165, 1.54) is 5.56 Å². The summed E-state index contributed by atoms with van der Waals surface area (Å²) in [5.41, 5.74) is 2.26. The van der Waals surface area contributed by atoms with Crippen molar-refractivity contribution in [3.05, 3.63) is 52.9 Å². The van der Waals surface area contributed by atoms with E-state index in [9.17, 15) is 0 Å². The Bertz CT molecular complexity index is 461. The van der Waals surface area contributed by atoms with Gasteiger partial charge < -0.3 is 0 Å². The molecule has 0 aliphatic heterocycles. The molecule has 0 aliphatic rings. The molecule has 0 saturated heterocycles. The van der Waals surface area contributed by atoms with Gasteiger partial charge in [-0.3, -0.25) is 0 Å². The predicted molar refractivity (Wildman–Crippen MR) is 65.2 cm³/mol. The molecular weight excluding hydrogens is 168 g/mol. The Morgan fingerprint density at radius 3 is 2.64 bits per heavy atom. The van der Waals surface area contributed by atoms with Crippen LogP contribution in [0.3, 0.4) is 0 Å². The summed E-state index contributed by atoms with van der Waals surface area (Å²) >= 11 is 0. The lowest BCUT2D eigenvalue weighted by molar-refractivity contribution is 1.48. The Hall–Kier alpha value is -1.56. The lowest BCUT2D eigenvalue weighted by Crippen LogP contribution is -2.22. The molecule has 1 aromatic rings. The first-order chi connectivity index (χ1) is 6.65. The maximum Gasteiger partial charge on any atom is -0.0184 e. The lowest BCUT2D eigenvalue weighted by atomic mass is 10.1. The molecule has 0 aliphatic carbocycles. The number of hydrogen-bond acceptors (Lipinski definition) is 0. The largest absolute Gasteiger partial charge is 0.0955 e. The summed E-state index contributed by atoms with van der Waals surface area (Å²) in [4.78, 5) is 0. The Morgan fingerprint density at radius 2 is 2.07 bits per heavy atom. The van der Waals surface area contributed by atoms with Crippen molar-refractivity contribution in [1.29, 1.82) is 0 Å². The molecule has 14 heavy (non-hydrogen) atoms. The van der Waals surface area contributed by atoms with Gasteiger partial charge in [0.05, 0.1) is 0 Å². The minimum atomic E-state index is 1.05. The third kappa shape index (κ3) is 2.46. The Labute approximate surface area is 85.6 Å². The zero-order chi connectivity index (χ0) is 10.6. The summed E-state index contributed by atoms with van der Waals surface area (Å²) in [7, 11) is 0. The van der Waals surface area contributed by atoms with Gasteiger partial charge in [-0.25, -0.2) is 0 Å². The van der Waals surface area contributed by atoms with Crippen molar-refractivity contribution in [1.82, 2.24) is 0 Å². The average Bonchev–Trinajstić information content (AvgIpc) is 2.16. The summed E-state index contributed by atoms with van der Waals surface area (Å²) < 4.78 is 0. The quantitative estimate of drug-likeness (QED) is 0.662. The van der Waals surface area contributed by atoms with Crippen LogP contribution in [0.2, 0.25) is 0 Å². The van der Waals surface area contributed by atoms with Crippen LogP contribution in [0.1, 0.15) is 19.4 Å². The lowest BCUT2D eigenvalue weighted by Gasteiger charge is -1.98. The van der Waals surface area contributed by atoms with Gasteiger partial charge in [-0.2, -0.15) is 0 Å². The molecule has 0 aromatic heterocycles. The molecule has 0 heterocycles. The fourth-order valence-corrected chi connectivity index (χ4v) is 1.22. The zero-order valence-corrected chi connectivity index (χ0v) is 8.88. The molecule has 0 radical (unpaired) electrons. The van der Waals surface area contributed by atoms with Gasteiger partial charge in [0.15, 0.2) is 0 Å². The van der Waals surface area contributed by atoms with Crippen LogP contribution < -0.4 is 10.4 Å². The number of allylic oxidation sites excluding steroid dienone is 3. The smallest absolute Gasteiger partial charge is 0.0184 e. The minimum absolute atomic E-state index is 1.05. The number of hydrogen-bond donors (Lipinski definition) is 0. The average molecular weight is 184 g/mol. The summed E-state index contributed by atoms with van der Waals surface area (Å²) in [6.07, 6.45) is 6.09. The van der Waals surface area contributed by atoms with Crippen LogP contribution in [0.25, 0.3) is 18.2 Å². The summed E-state index contributed by atoms with van der Waals surface area (Å²) in [6.45, 7) is 11.9. The topological polar surface area (TPSA) is 0 Å². The fraction of sp³-hybridized carbons (Fsp3) is 0.143. The van der Waals surface area contributed by atoms with Crippen molar-refractivity contribution in [3.8, 4) is 0 Å². The molecule has 0 heteroatoms. The maximum absolute atomic E-state index is 3.98. The molecule has 1 aromatic carbocycles. The fourth-order valence-electron chi connectivity index (χ4n) is 1.22. The summed E-state index contributed by atoms with van der Waals surface area (Å²) in [5, 5.41) is 2.21. The normalized spacial score (nSPS) is 12.3. The van der Waals surface area contributed by atoms with E-state index in [0.29, 0.717) is 0 Å². The molecule has 0 N–H and O–H groups in total. The van der Waals surface area contributed by atoms with Crippen molar-refractivity contribution in [2.45, 2.75) is 13.8 Å². The molecule has 1 rings (SSSR count). The van der Waals surface area contributed by atoms with E-state index in [0.717, 1.165) is 16.0 Å². The van der Waals surface area contributed by atoms with E-state index in [-0.39, 0.29) is 0 Å². The van der Waals surface area contributed by atoms with Gasteiger partial charge in [-0.05, 0) is 35.9 Å². The zero-order valence-electron chi connectivity index (χ0n) is 8.88. The van der Waals surface area contributed by atoms with E-state index in [1.807, 2.05) is 32.1 Å². The molecule has 0 nitrogen and oxygen atoms in total. The maximum atomic E-state index is 3.98. The highest BCUT2D eigenvalue weighted by molar-refractivity contribution is 5.61. The molecule has 0 spiro atoms. The van der Waals surface area contributed by atoms with Crippen LogP contribution in [0, 0.1) is 0 Å². The van der Waals surface area contributed by atoms with Crippen LogP contribution in [0.15, 0.2) is 36.9 Å². The predicted octanol–water partition coefficient (Wildman–Crippen LogP) is 2.49. The SMILES string of the molecule is C=C(C)c1ccc(=C)/c(=C\C=C/C)c1. The highest BCUT2D eigenvalue weighted by Crippen LogP contribution is 2.05. The van der Waals surface area contributed by atoms with E-state index < -0.39 is 0 Å². The molecule has 0 atom stereocenters. The Kier molecular flexibility index (Phi) is 3.47. The highest BCUT2D eigenvalue weighted by atomic mass is 14.0. The Morgan fingerprint density at radius 1 is 1.36 bits per heavy atom. The molecule has 0 unspecified atom stereocenters. The van der Waals surface area contributed by atoms with Crippen LogP contribution in [0.5, 0.6) is 0 Å². The van der Waals surface area contributed by atoms with Gasteiger partial charge >= 0.3 is 0 Å². The first-order valence-electron chi connectivity index (χ1n) is 4.73. The van der Waals surface area contributed by atoms with Gasteiger partial charge in [-0.1, -0.05) is 49.1 Å². The molecular formula is C14H16. The first kappa shape index (κ1) is 10.5. The van der Waals surface area contributed by atoms with Crippen molar-refractivity contribution in [3.63, 3.8) is 0 Å². The van der Waals surface area contributed by atoms with Crippen molar-refractivity contribution >= 4 is 18.2 Å².